The third-order valence-corrected chi connectivity index (χ3v) is 6.63. The van der Waals surface area contributed by atoms with Crippen LogP contribution in [0.5, 0.6) is 0 Å². The fourth-order valence-electron chi connectivity index (χ4n) is 2.61. The molecule has 1 aromatic rings. The summed E-state index contributed by atoms with van der Waals surface area (Å²) in [6.07, 6.45) is 2.65. The highest BCUT2D eigenvalue weighted by atomic mass is 32.2. The van der Waals surface area contributed by atoms with Gasteiger partial charge in [-0.05, 0) is 69.1 Å². The van der Waals surface area contributed by atoms with Gasteiger partial charge in [-0.1, -0.05) is 38.3 Å². The number of benzene rings is 1. The summed E-state index contributed by atoms with van der Waals surface area (Å²) in [4.78, 5) is 11.2. The molecule has 8 heteroatoms. The minimum atomic E-state index is -4.38. The van der Waals surface area contributed by atoms with Gasteiger partial charge in [-0.25, -0.2) is 0 Å². The van der Waals surface area contributed by atoms with Gasteiger partial charge in [-0.3, -0.25) is 4.79 Å². The lowest BCUT2D eigenvalue weighted by Crippen LogP contribution is -2.28. The average Bonchev–Trinajstić information content (AvgIpc) is 2.77. The summed E-state index contributed by atoms with van der Waals surface area (Å²) in [6.45, 7) is 15.5. The van der Waals surface area contributed by atoms with Crippen LogP contribution in [0, 0.1) is 5.92 Å². The molecule has 0 spiro atoms. The van der Waals surface area contributed by atoms with Crippen molar-refractivity contribution in [1.82, 2.24) is 5.32 Å². The molecule has 1 atom stereocenters. The number of halogens is 3. The highest BCUT2D eigenvalue weighted by Crippen LogP contribution is 2.30. The Hall–Kier alpha value is -2.61. The number of carboxylic acids is 1. The van der Waals surface area contributed by atoms with Gasteiger partial charge in [0, 0.05) is 17.8 Å². The van der Waals surface area contributed by atoms with Crippen LogP contribution in [0.15, 0.2) is 67.1 Å². The summed E-state index contributed by atoms with van der Waals surface area (Å²) in [5, 5.41) is 12.5. The van der Waals surface area contributed by atoms with Crippen LogP contribution in [0.3, 0.4) is 0 Å². The first kappa shape index (κ1) is 29.4. The molecule has 0 heterocycles. The molecule has 0 saturated carbocycles. The highest BCUT2D eigenvalue weighted by molar-refractivity contribution is 8.01. The fourth-order valence-corrected chi connectivity index (χ4v) is 3.61. The molecular formula is C26H34F3NO3S. The van der Waals surface area contributed by atoms with E-state index in [0.29, 0.717) is 18.0 Å². The Morgan fingerprint density at radius 2 is 1.88 bits per heavy atom. The maximum absolute atomic E-state index is 12.7. The van der Waals surface area contributed by atoms with E-state index in [0.717, 1.165) is 42.0 Å². The third kappa shape index (κ3) is 10.5. The van der Waals surface area contributed by atoms with Crippen LogP contribution in [0.4, 0.5) is 13.2 Å². The fraction of sp³-hybridized carbons (Fsp3) is 0.423. The highest BCUT2D eigenvalue weighted by Gasteiger charge is 2.30. The monoisotopic (exact) mass is 497 g/mol. The Morgan fingerprint density at radius 1 is 1.26 bits per heavy atom. The van der Waals surface area contributed by atoms with Crippen molar-refractivity contribution >= 4 is 23.5 Å². The number of carboxylic acid groups (broad SMARTS) is 1. The topological polar surface area (TPSA) is 58.6 Å². The van der Waals surface area contributed by atoms with E-state index in [1.807, 2.05) is 13.0 Å². The predicted octanol–water partition coefficient (Wildman–Crippen LogP) is 7.27. The second-order valence-electron chi connectivity index (χ2n) is 8.61. The molecule has 1 rings (SSSR count). The summed E-state index contributed by atoms with van der Waals surface area (Å²) < 4.78 is 42.7. The third-order valence-electron chi connectivity index (χ3n) is 5.00. The lowest BCUT2D eigenvalue weighted by Gasteiger charge is -2.20. The number of nitrogens with one attached hydrogen (secondary N) is 1. The van der Waals surface area contributed by atoms with Crippen molar-refractivity contribution in [2.24, 2.45) is 5.92 Å². The summed E-state index contributed by atoms with van der Waals surface area (Å²) in [7, 11) is 0. The van der Waals surface area contributed by atoms with Crippen molar-refractivity contribution < 1.29 is 27.8 Å². The Balaban J connectivity index is 2.48. The molecule has 1 aromatic carbocycles. The number of hydrogen-bond acceptors (Lipinski definition) is 4. The molecule has 2 N–H and O–H groups in total. The van der Waals surface area contributed by atoms with Crippen LogP contribution in [0.1, 0.15) is 51.7 Å². The van der Waals surface area contributed by atoms with Crippen LogP contribution in [0.2, 0.25) is 0 Å². The normalized spacial score (nSPS) is 13.9. The molecule has 0 aliphatic carbocycles. The van der Waals surface area contributed by atoms with E-state index >= 15 is 0 Å². The van der Waals surface area contributed by atoms with Gasteiger partial charge in [0.1, 0.15) is 10.5 Å². The van der Waals surface area contributed by atoms with E-state index in [1.54, 1.807) is 19.9 Å². The largest absolute Gasteiger partial charge is 0.480 e. The molecule has 4 nitrogen and oxygen atoms in total. The van der Waals surface area contributed by atoms with Crippen molar-refractivity contribution in [2.45, 2.75) is 51.5 Å². The van der Waals surface area contributed by atoms with Gasteiger partial charge < -0.3 is 15.2 Å². The van der Waals surface area contributed by atoms with E-state index < -0.39 is 22.5 Å². The number of rotatable bonds is 14. The van der Waals surface area contributed by atoms with Gasteiger partial charge in [0.15, 0.2) is 0 Å². The van der Waals surface area contributed by atoms with Crippen molar-refractivity contribution in [3.63, 3.8) is 0 Å². The zero-order chi connectivity index (χ0) is 25.9. The lowest BCUT2D eigenvalue weighted by molar-refractivity contribution is -0.139. The zero-order valence-corrected chi connectivity index (χ0v) is 21.0. The predicted molar refractivity (Wildman–Crippen MR) is 134 cm³/mol. The lowest BCUT2D eigenvalue weighted by atomic mass is 10.1. The average molecular weight is 498 g/mol. The van der Waals surface area contributed by atoms with Crippen LogP contribution < -0.4 is 5.32 Å². The molecule has 0 bridgehead atoms. The number of carbonyl (C=O) groups is 1. The molecule has 34 heavy (non-hydrogen) atoms. The summed E-state index contributed by atoms with van der Waals surface area (Å²) in [5.74, 6) is 0.590. The summed E-state index contributed by atoms with van der Waals surface area (Å²) >= 11 is 1.45. The number of thioether (sulfide) groups is 1. The summed E-state index contributed by atoms with van der Waals surface area (Å²) in [6, 6.07) is 4.64. The maximum Gasteiger partial charge on any atom is 0.416 e. The van der Waals surface area contributed by atoms with Gasteiger partial charge in [0.2, 0.25) is 0 Å². The second-order valence-corrected chi connectivity index (χ2v) is 10.2. The smallest absolute Gasteiger partial charge is 0.416 e. The van der Waals surface area contributed by atoms with Crippen molar-refractivity contribution in [1.29, 1.82) is 0 Å². The van der Waals surface area contributed by atoms with Crippen molar-refractivity contribution in [3.05, 3.63) is 78.2 Å². The van der Waals surface area contributed by atoms with E-state index in [1.165, 1.54) is 30.2 Å². The molecule has 0 radical (unpaired) electrons. The Bertz CT molecular complexity index is 903. The molecular weight excluding hydrogens is 463 g/mol. The number of aliphatic carboxylic acids is 1. The summed E-state index contributed by atoms with van der Waals surface area (Å²) in [5.41, 5.74) is 1.48. The molecule has 0 aliphatic rings. The number of hydrogen-bond donors (Lipinski definition) is 2. The Morgan fingerprint density at radius 3 is 2.41 bits per heavy atom. The SMILES string of the molecule is C=C/C(=C\CCC(C)CSC(C)(C)C(=O)O)NC/C(C)=C/OC(=C)c1ccc(C(F)(F)F)cc1. The molecule has 0 aliphatic heterocycles. The molecule has 188 valence electrons. The number of ether oxygens (including phenoxy) is 1. The van der Waals surface area contributed by atoms with E-state index in [4.69, 9.17) is 4.74 Å². The first-order valence-corrected chi connectivity index (χ1v) is 11.9. The first-order chi connectivity index (χ1) is 15.8. The standard InChI is InChI=1S/C26H34F3NO3S/c1-7-23(10-8-9-18(2)17-34-25(5,6)24(31)32)30-15-19(3)16-33-20(4)21-11-13-22(14-12-21)26(27,28)29/h7,10-14,16,18,30H,1,4,8-9,15,17H2,2-3,5-6H3,(H,31,32)/b19-16+,23-10+. The number of allylic oxidation sites excluding steroid dienone is 2. The Kier molecular flexibility index (Phi) is 11.5. The van der Waals surface area contributed by atoms with E-state index in [9.17, 15) is 23.1 Å². The molecule has 0 fully saturated rings. The van der Waals surface area contributed by atoms with Crippen molar-refractivity contribution in [3.8, 4) is 0 Å². The minimum absolute atomic E-state index is 0.255. The minimum Gasteiger partial charge on any atom is -0.480 e. The second kappa shape index (κ2) is 13.3. The molecule has 1 unspecified atom stereocenters. The van der Waals surface area contributed by atoms with Crippen LogP contribution in [-0.4, -0.2) is 28.1 Å². The Labute approximate surface area is 204 Å². The van der Waals surface area contributed by atoms with Gasteiger partial charge in [0.05, 0.1) is 11.8 Å². The molecule has 0 amide bonds. The molecule has 0 aromatic heterocycles. The van der Waals surface area contributed by atoms with Gasteiger partial charge >= 0.3 is 12.1 Å². The van der Waals surface area contributed by atoms with Gasteiger partial charge in [0.25, 0.3) is 0 Å². The van der Waals surface area contributed by atoms with Crippen LogP contribution in [-0.2, 0) is 15.7 Å². The quantitative estimate of drug-likeness (QED) is 0.209. The zero-order valence-electron chi connectivity index (χ0n) is 20.2. The number of alkyl halides is 3. The van der Waals surface area contributed by atoms with Gasteiger partial charge in [-0.2, -0.15) is 13.2 Å². The molecule has 0 saturated heterocycles. The van der Waals surface area contributed by atoms with Crippen LogP contribution in [0.25, 0.3) is 5.76 Å². The van der Waals surface area contributed by atoms with E-state index in [-0.39, 0.29) is 5.76 Å². The first-order valence-electron chi connectivity index (χ1n) is 10.9. The van der Waals surface area contributed by atoms with Crippen LogP contribution >= 0.6 is 11.8 Å². The van der Waals surface area contributed by atoms with Gasteiger partial charge in [-0.15, -0.1) is 11.8 Å². The van der Waals surface area contributed by atoms with E-state index in [2.05, 4.69) is 25.4 Å². The maximum atomic E-state index is 12.7. The van der Waals surface area contributed by atoms with Crippen molar-refractivity contribution in [2.75, 3.05) is 12.3 Å².